The monoisotopic (exact) mass is 334 g/mol. The zero-order valence-corrected chi connectivity index (χ0v) is 15.6. The molecule has 2 atom stereocenters. The van der Waals surface area contributed by atoms with Crippen LogP contribution in [0.25, 0.3) is 0 Å². The molecule has 136 valence electrons. The first-order valence-corrected chi connectivity index (χ1v) is 9.40. The van der Waals surface area contributed by atoms with Crippen molar-refractivity contribution in [3.8, 4) is 12.3 Å². The van der Waals surface area contributed by atoms with E-state index in [0.29, 0.717) is 18.5 Å². The smallest absolute Gasteiger partial charge is 0.237 e. The van der Waals surface area contributed by atoms with Gasteiger partial charge in [-0.2, -0.15) is 0 Å². The van der Waals surface area contributed by atoms with Crippen LogP contribution in [-0.4, -0.2) is 85.6 Å². The van der Waals surface area contributed by atoms with Gasteiger partial charge in [0.15, 0.2) is 0 Å². The second-order valence-electron chi connectivity index (χ2n) is 7.58. The van der Waals surface area contributed by atoms with Gasteiger partial charge in [-0.05, 0) is 32.4 Å². The van der Waals surface area contributed by atoms with Crippen molar-refractivity contribution in [2.75, 3.05) is 52.9 Å². The highest BCUT2D eigenvalue weighted by Gasteiger charge is 2.30. The third-order valence-electron chi connectivity index (χ3n) is 5.47. The molecule has 5 heteroatoms. The summed E-state index contributed by atoms with van der Waals surface area (Å²) in [5.41, 5.74) is 0. The molecule has 2 aliphatic heterocycles. The molecule has 0 saturated carbocycles. The van der Waals surface area contributed by atoms with Gasteiger partial charge >= 0.3 is 0 Å². The van der Waals surface area contributed by atoms with Gasteiger partial charge in [-0.15, -0.1) is 6.42 Å². The van der Waals surface area contributed by atoms with Crippen molar-refractivity contribution in [2.45, 2.75) is 45.2 Å². The summed E-state index contributed by atoms with van der Waals surface area (Å²) in [5, 5.41) is 3.23. The van der Waals surface area contributed by atoms with E-state index in [1.165, 1.54) is 0 Å². The number of piperidine rings is 1. The van der Waals surface area contributed by atoms with Gasteiger partial charge in [0.05, 0.1) is 12.6 Å². The Balaban J connectivity index is 1.88. The van der Waals surface area contributed by atoms with Crippen LogP contribution in [0.5, 0.6) is 0 Å². The molecule has 0 unspecified atom stereocenters. The lowest BCUT2D eigenvalue weighted by atomic mass is 9.99. The Morgan fingerprint density at radius 3 is 2.54 bits per heavy atom. The van der Waals surface area contributed by atoms with Gasteiger partial charge in [-0.1, -0.05) is 26.2 Å². The SMILES string of the molecule is C#CCN1CCCC[C@@H]1C(=O)NC[C@@H](C(C)C)N1CCN(C)CC1. The van der Waals surface area contributed by atoms with E-state index in [0.717, 1.165) is 58.5 Å². The molecule has 0 radical (unpaired) electrons. The Kier molecular flexibility index (Phi) is 7.54. The third kappa shape index (κ3) is 5.20. The number of likely N-dealkylation sites (N-methyl/N-ethyl adjacent to an activating group) is 1. The average Bonchev–Trinajstić information content (AvgIpc) is 2.57. The van der Waals surface area contributed by atoms with Crippen molar-refractivity contribution in [3.63, 3.8) is 0 Å². The molecule has 1 amide bonds. The first-order chi connectivity index (χ1) is 11.5. The van der Waals surface area contributed by atoms with Crippen molar-refractivity contribution in [3.05, 3.63) is 0 Å². The zero-order valence-electron chi connectivity index (χ0n) is 15.6. The highest BCUT2D eigenvalue weighted by molar-refractivity contribution is 5.81. The number of rotatable bonds is 6. The number of piperazine rings is 1. The van der Waals surface area contributed by atoms with E-state index < -0.39 is 0 Å². The molecule has 0 aromatic heterocycles. The van der Waals surface area contributed by atoms with Crippen molar-refractivity contribution in [2.24, 2.45) is 5.92 Å². The Morgan fingerprint density at radius 1 is 1.21 bits per heavy atom. The molecule has 0 aromatic carbocycles. The molecule has 0 aliphatic carbocycles. The molecule has 0 spiro atoms. The lowest BCUT2D eigenvalue weighted by Crippen LogP contribution is -2.56. The maximum absolute atomic E-state index is 12.7. The minimum atomic E-state index is -0.0462. The van der Waals surface area contributed by atoms with Crippen molar-refractivity contribution in [1.29, 1.82) is 0 Å². The van der Waals surface area contributed by atoms with E-state index in [9.17, 15) is 4.79 Å². The maximum Gasteiger partial charge on any atom is 0.237 e. The van der Waals surface area contributed by atoms with Crippen LogP contribution in [-0.2, 0) is 4.79 Å². The van der Waals surface area contributed by atoms with Crippen LogP contribution in [0.15, 0.2) is 0 Å². The Morgan fingerprint density at radius 2 is 1.92 bits per heavy atom. The van der Waals surface area contributed by atoms with E-state index in [4.69, 9.17) is 6.42 Å². The highest BCUT2D eigenvalue weighted by Crippen LogP contribution is 2.17. The van der Waals surface area contributed by atoms with Gasteiger partial charge in [-0.3, -0.25) is 14.6 Å². The lowest BCUT2D eigenvalue weighted by Gasteiger charge is -2.40. The fourth-order valence-electron chi connectivity index (χ4n) is 3.86. The van der Waals surface area contributed by atoms with Gasteiger partial charge in [0.2, 0.25) is 5.91 Å². The van der Waals surface area contributed by atoms with Crippen LogP contribution >= 0.6 is 0 Å². The van der Waals surface area contributed by atoms with E-state index in [1.54, 1.807) is 0 Å². The summed E-state index contributed by atoms with van der Waals surface area (Å²) in [6, 6.07) is 0.363. The minimum Gasteiger partial charge on any atom is -0.353 e. The van der Waals surface area contributed by atoms with Gasteiger partial charge in [0.25, 0.3) is 0 Å². The van der Waals surface area contributed by atoms with Crippen LogP contribution in [0.4, 0.5) is 0 Å². The molecule has 2 heterocycles. The van der Waals surface area contributed by atoms with E-state index in [-0.39, 0.29) is 11.9 Å². The van der Waals surface area contributed by atoms with E-state index in [1.807, 2.05) is 0 Å². The average molecular weight is 335 g/mol. The second-order valence-corrected chi connectivity index (χ2v) is 7.58. The summed E-state index contributed by atoms with van der Waals surface area (Å²) in [7, 11) is 2.17. The molecule has 0 aromatic rings. The topological polar surface area (TPSA) is 38.8 Å². The first kappa shape index (κ1) is 19.2. The van der Waals surface area contributed by atoms with E-state index >= 15 is 0 Å². The summed E-state index contributed by atoms with van der Waals surface area (Å²) < 4.78 is 0. The Hall–Kier alpha value is -1.09. The number of likely N-dealkylation sites (tertiary alicyclic amines) is 1. The third-order valence-corrected chi connectivity index (χ3v) is 5.47. The van der Waals surface area contributed by atoms with Crippen LogP contribution in [0.1, 0.15) is 33.1 Å². The predicted octanol–water partition coefficient (Wildman–Crippen LogP) is 0.862. The molecule has 5 nitrogen and oxygen atoms in total. The molecule has 0 bridgehead atoms. The van der Waals surface area contributed by atoms with Crippen LogP contribution in [0.3, 0.4) is 0 Å². The number of nitrogens with zero attached hydrogens (tertiary/aromatic N) is 3. The van der Waals surface area contributed by atoms with E-state index in [2.05, 4.69) is 46.8 Å². The Labute approximate surface area is 147 Å². The number of hydrogen-bond donors (Lipinski definition) is 1. The van der Waals surface area contributed by atoms with Crippen molar-refractivity contribution >= 4 is 5.91 Å². The minimum absolute atomic E-state index is 0.0462. The van der Waals surface area contributed by atoms with Crippen LogP contribution < -0.4 is 5.32 Å². The molecule has 2 rings (SSSR count). The molecule has 24 heavy (non-hydrogen) atoms. The number of amides is 1. The fourth-order valence-corrected chi connectivity index (χ4v) is 3.86. The molecule has 2 saturated heterocycles. The van der Waals surface area contributed by atoms with Crippen molar-refractivity contribution < 1.29 is 4.79 Å². The molecule has 2 aliphatic rings. The van der Waals surface area contributed by atoms with Gasteiger partial charge < -0.3 is 10.2 Å². The summed E-state index contributed by atoms with van der Waals surface area (Å²) >= 11 is 0. The standard InChI is InChI=1S/C19H34N4O/c1-5-9-22-10-7-6-8-17(22)19(24)20-15-18(16(2)3)23-13-11-21(4)12-14-23/h1,16-18H,6-15H2,2-4H3,(H,20,24)/t17-,18+/m1/s1. The number of carbonyl (C=O) groups is 1. The van der Waals surface area contributed by atoms with Gasteiger partial charge in [-0.25, -0.2) is 0 Å². The number of nitrogens with one attached hydrogen (secondary N) is 1. The maximum atomic E-state index is 12.7. The molecule has 1 N–H and O–H groups in total. The Bertz CT molecular complexity index is 437. The van der Waals surface area contributed by atoms with Gasteiger partial charge in [0, 0.05) is 38.8 Å². The number of hydrogen-bond acceptors (Lipinski definition) is 4. The van der Waals surface area contributed by atoms with Crippen LogP contribution in [0, 0.1) is 18.3 Å². The summed E-state index contributed by atoms with van der Waals surface area (Å²) in [6.45, 7) is 11.1. The largest absolute Gasteiger partial charge is 0.353 e. The molecule has 2 fully saturated rings. The predicted molar refractivity (Wildman–Crippen MR) is 98.8 cm³/mol. The number of carbonyl (C=O) groups excluding carboxylic acids is 1. The molecular formula is C19H34N4O. The normalized spacial score (nSPS) is 25.4. The van der Waals surface area contributed by atoms with Crippen molar-refractivity contribution in [1.82, 2.24) is 20.0 Å². The quantitative estimate of drug-likeness (QED) is 0.732. The second kappa shape index (κ2) is 9.41. The highest BCUT2D eigenvalue weighted by atomic mass is 16.2. The summed E-state index contributed by atoms with van der Waals surface area (Å²) in [4.78, 5) is 19.7. The zero-order chi connectivity index (χ0) is 17.5. The summed E-state index contributed by atoms with van der Waals surface area (Å²) in [5.74, 6) is 3.38. The lowest BCUT2D eigenvalue weighted by molar-refractivity contribution is -0.127. The summed E-state index contributed by atoms with van der Waals surface area (Å²) in [6.07, 6.45) is 8.64. The fraction of sp³-hybridized carbons (Fsp3) is 0.842. The molecular weight excluding hydrogens is 300 g/mol. The van der Waals surface area contributed by atoms with Crippen LogP contribution in [0.2, 0.25) is 0 Å². The van der Waals surface area contributed by atoms with Gasteiger partial charge in [0.1, 0.15) is 0 Å². The first-order valence-electron chi connectivity index (χ1n) is 9.40. The number of terminal acetylenes is 1.